The van der Waals surface area contributed by atoms with Crippen LogP contribution in [0.5, 0.6) is 5.75 Å². The number of nitrogens with one attached hydrogen (secondary N) is 2. The Morgan fingerprint density at radius 1 is 1.27 bits per heavy atom. The highest BCUT2D eigenvalue weighted by molar-refractivity contribution is 5.92. The fourth-order valence-electron chi connectivity index (χ4n) is 2.36. The molecule has 1 aromatic carbocycles. The number of carbonyl (C=O) groups excluding carboxylic acids is 1. The Kier molecular flexibility index (Phi) is 6.68. The zero-order chi connectivity index (χ0) is 15.8. The van der Waals surface area contributed by atoms with Crippen LogP contribution in [0.3, 0.4) is 0 Å². The summed E-state index contributed by atoms with van der Waals surface area (Å²) in [6, 6.07) is 7.99. The lowest BCUT2D eigenvalue weighted by Crippen LogP contribution is -2.28. The summed E-state index contributed by atoms with van der Waals surface area (Å²) in [5.74, 6) is 0.958. The van der Waals surface area contributed by atoms with E-state index in [2.05, 4.69) is 24.5 Å². The molecule has 0 aliphatic carbocycles. The van der Waals surface area contributed by atoms with E-state index in [0.29, 0.717) is 25.9 Å². The molecule has 0 aromatic heterocycles. The van der Waals surface area contributed by atoms with Gasteiger partial charge in [-0.1, -0.05) is 13.8 Å². The molecule has 1 aromatic rings. The number of rotatable bonds is 7. The molecular weight excluding hydrogens is 280 g/mol. The molecule has 0 bridgehead atoms. The third kappa shape index (κ3) is 5.66. The smallest absolute Gasteiger partial charge is 0.227 e. The predicted molar refractivity (Wildman–Crippen MR) is 87.2 cm³/mol. The summed E-state index contributed by atoms with van der Waals surface area (Å²) in [7, 11) is 0. The quantitative estimate of drug-likeness (QED) is 0.760. The van der Waals surface area contributed by atoms with E-state index in [9.17, 15) is 4.79 Å². The Hall–Kier alpha value is -1.59. The Balaban J connectivity index is 1.75. The predicted octanol–water partition coefficient (Wildman–Crippen LogP) is 2.43. The van der Waals surface area contributed by atoms with Crippen LogP contribution in [-0.4, -0.2) is 38.3 Å². The third-order valence-electron chi connectivity index (χ3n) is 3.64. The fourth-order valence-corrected chi connectivity index (χ4v) is 2.36. The summed E-state index contributed by atoms with van der Waals surface area (Å²) >= 11 is 0. The molecule has 1 fully saturated rings. The number of benzene rings is 1. The number of hydrogen-bond donors (Lipinski definition) is 2. The van der Waals surface area contributed by atoms with E-state index < -0.39 is 0 Å². The SMILES string of the molecule is CC(C)NCCOc1ccc(NC(=O)C2CCOCC2)cc1. The van der Waals surface area contributed by atoms with Crippen LogP contribution >= 0.6 is 0 Å². The normalized spacial score (nSPS) is 15.8. The van der Waals surface area contributed by atoms with E-state index >= 15 is 0 Å². The van der Waals surface area contributed by atoms with Gasteiger partial charge in [-0.05, 0) is 37.1 Å². The van der Waals surface area contributed by atoms with Gasteiger partial charge in [0.15, 0.2) is 0 Å². The zero-order valence-electron chi connectivity index (χ0n) is 13.4. The van der Waals surface area contributed by atoms with Gasteiger partial charge in [-0.25, -0.2) is 0 Å². The Morgan fingerprint density at radius 2 is 1.95 bits per heavy atom. The van der Waals surface area contributed by atoms with Gasteiger partial charge in [0.2, 0.25) is 5.91 Å². The van der Waals surface area contributed by atoms with Crippen LogP contribution in [0.2, 0.25) is 0 Å². The van der Waals surface area contributed by atoms with E-state index in [1.165, 1.54) is 0 Å². The Labute approximate surface area is 132 Å². The van der Waals surface area contributed by atoms with Crippen molar-refractivity contribution >= 4 is 11.6 Å². The van der Waals surface area contributed by atoms with Gasteiger partial charge in [0.1, 0.15) is 12.4 Å². The van der Waals surface area contributed by atoms with E-state index in [4.69, 9.17) is 9.47 Å². The highest BCUT2D eigenvalue weighted by Gasteiger charge is 2.21. The topological polar surface area (TPSA) is 59.6 Å². The van der Waals surface area contributed by atoms with Gasteiger partial charge in [0.05, 0.1) is 0 Å². The minimum absolute atomic E-state index is 0.0618. The summed E-state index contributed by atoms with van der Waals surface area (Å²) in [5, 5.41) is 6.26. The number of hydrogen-bond acceptors (Lipinski definition) is 4. The summed E-state index contributed by atoms with van der Waals surface area (Å²) in [5.41, 5.74) is 0.809. The summed E-state index contributed by atoms with van der Waals surface area (Å²) < 4.78 is 10.9. The molecule has 0 unspecified atom stereocenters. The van der Waals surface area contributed by atoms with Crippen molar-refractivity contribution in [3.63, 3.8) is 0 Å². The molecular formula is C17H26N2O3. The van der Waals surface area contributed by atoms with Gasteiger partial charge in [-0.2, -0.15) is 0 Å². The lowest BCUT2D eigenvalue weighted by molar-refractivity contribution is -0.122. The molecule has 0 atom stereocenters. The average Bonchev–Trinajstić information content (AvgIpc) is 2.54. The summed E-state index contributed by atoms with van der Waals surface area (Å²) in [6.45, 7) is 7.02. The van der Waals surface area contributed by atoms with Crippen molar-refractivity contribution in [1.82, 2.24) is 5.32 Å². The van der Waals surface area contributed by atoms with Crippen molar-refractivity contribution in [1.29, 1.82) is 0 Å². The maximum absolute atomic E-state index is 12.1. The molecule has 1 aliphatic heterocycles. The van der Waals surface area contributed by atoms with Gasteiger partial charge in [-0.15, -0.1) is 0 Å². The maximum atomic E-state index is 12.1. The lowest BCUT2D eigenvalue weighted by Gasteiger charge is -2.21. The molecule has 1 saturated heterocycles. The highest BCUT2D eigenvalue weighted by atomic mass is 16.5. The van der Waals surface area contributed by atoms with Crippen molar-refractivity contribution in [2.75, 3.05) is 31.7 Å². The molecule has 2 rings (SSSR count). The molecule has 22 heavy (non-hydrogen) atoms. The maximum Gasteiger partial charge on any atom is 0.227 e. The highest BCUT2D eigenvalue weighted by Crippen LogP contribution is 2.19. The molecule has 0 saturated carbocycles. The largest absolute Gasteiger partial charge is 0.492 e. The molecule has 1 amide bonds. The van der Waals surface area contributed by atoms with Crippen LogP contribution in [0.15, 0.2) is 24.3 Å². The molecule has 0 radical (unpaired) electrons. The Bertz CT molecular complexity index is 453. The average molecular weight is 306 g/mol. The van der Waals surface area contributed by atoms with Gasteiger partial charge in [0, 0.05) is 37.4 Å². The van der Waals surface area contributed by atoms with Gasteiger partial charge in [0.25, 0.3) is 0 Å². The lowest BCUT2D eigenvalue weighted by atomic mass is 9.99. The van der Waals surface area contributed by atoms with Crippen molar-refractivity contribution in [3.8, 4) is 5.75 Å². The van der Waals surface area contributed by atoms with Crippen LogP contribution in [0, 0.1) is 5.92 Å². The Morgan fingerprint density at radius 3 is 2.59 bits per heavy atom. The molecule has 5 heteroatoms. The second kappa shape index (κ2) is 8.76. The van der Waals surface area contributed by atoms with Crippen LogP contribution in [-0.2, 0) is 9.53 Å². The summed E-state index contributed by atoms with van der Waals surface area (Å²) in [4.78, 5) is 12.1. The van der Waals surface area contributed by atoms with E-state index in [0.717, 1.165) is 30.8 Å². The molecule has 1 aliphatic rings. The van der Waals surface area contributed by atoms with Gasteiger partial charge in [-0.3, -0.25) is 4.79 Å². The number of amides is 1. The number of ether oxygens (including phenoxy) is 2. The molecule has 1 heterocycles. The second-order valence-corrected chi connectivity index (χ2v) is 5.86. The molecule has 122 valence electrons. The van der Waals surface area contributed by atoms with Crippen molar-refractivity contribution in [2.45, 2.75) is 32.7 Å². The number of carbonyl (C=O) groups is 1. The minimum Gasteiger partial charge on any atom is -0.492 e. The van der Waals surface area contributed by atoms with Crippen molar-refractivity contribution < 1.29 is 14.3 Å². The monoisotopic (exact) mass is 306 g/mol. The van der Waals surface area contributed by atoms with Crippen LogP contribution in [0.4, 0.5) is 5.69 Å². The van der Waals surface area contributed by atoms with E-state index in [1.807, 2.05) is 24.3 Å². The first-order valence-corrected chi connectivity index (χ1v) is 8.00. The van der Waals surface area contributed by atoms with Crippen LogP contribution in [0.25, 0.3) is 0 Å². The fraction of sp³-hybridized carbons (Fsp3) is 0.588. The van der Waals surface area contributed by atoms with E-state index in [-0.39, 0.29) is 11.8 Å². The van der Waals surface area contributed by atoms with Crippen molar-refractivity contribution in [3.05, 3.63) is 24.3 Å². The molecule has 5 nitrogen and oxygen atoms in total. The zero-order valence-corrected chi connectivity index (χ0v) is 13.4. The minimum atomic E-state index is 0.0618. The van der Waals surface area contributed by atoms with Crippen LogP contribution < -0.4 is 15.4 Å². The first-order chi connectivity index (χ1) is 10.6. The van der Waals surface area contributed by atoms with Crippen LogP contribution in [0.1, 0.15) is 26.7 Å². The van der Waals surface area contributed by atoms with Gasteiger partial charge < -0.3 is 20.1 Å². The first kappa shape index (κ1) is 16.8. The number of anilines is 1. The molecule has 2 N–H and O–H groups in total. The van der Waals surface area contributed by atoms with Crippen molar-refractivity contribution in [2.24, 2.45) is 5.92 Å². The third-order valence-corrected chi connectivity index (χ3v) is 3.64. The van der Waals surface area contributed by atoms with Gasteiger partial charge >= 0.3 is 0 Å². The summed E-state index contributed by atoms with van der Waals surface area (Å²) in [6.07, 6.45) is 1.60. The van der Waals surface area contributed by atoms with E-state index in [1.54, 1.807) is 0 Å². The standard InChI is InChI=1S/C17H26N2O3/c1-13(2)18-9-12-22-16-5-3-15(4-6-16)19-17(20)14-7-10-21-11-8-14/h3-6,13-14,18H,7-12H2,1-2H3,(H,19,20). The molecule has 0 spiro atoms. The second-order valence-electron chi connectivity index (χ2n) is 5.86. The first-order valence-electron chi connectivity index (χ1n) is 8.00.